The zero-order valence-electron chi connectivity index (χ0n) is 20.1. The van der Waals surface area contributed by atoms with E-state index in [-0.39, 0.29) is 30.4 Å². The summed E-state index contributed by atoms with van der Waals surface area (Å²) in [5.74, 6) is -0.231. The summed E-state index contributed by atoms with van der Waals surface area (Å²) < 4.78 is 0. The largest absolute Gasteiger partial charge is 0.348 e. The summed E-state index contributed by atoms with van der Waals surface area (Å²) in [4.78, 5) is 46.2. The van der Waals surface area contributed by atoms with Crippen LogP contribution in [0.4, 0.5) is 10.5 Å². The van der Waals surface area contributed by atoms with Crippen LogP contribution in [0.5, 0.6) is 0 Å². The minimum Gasteiger partial charge on any atom is -0.348 e. The van der Waals surface area contributed by atoms with E-state index in [0.717, 1.165) is 11.3 Å². The number of amides is 4. The van der Waals surface area contributed by atoms with Gasteiger partial charge in [-0.05, 0) is 37.5 Å². The summed E-state index contributed by atoms with van der Waals surface area (Å²) in [6, 6.07) is 19.4. The maximum absolute atomic E-state index is 13.8. The number of nitrogens with zero attached hydrogens (tertiary/aromatic N) is 4. The summed E-state index contributed by atoms with van der Waals surface area (Å²) in [7, 11) is 3.47. The number of likely N-dealkylation sites (tertiary alicyclic amines) is 1. The lowest BCUT2D eigenvalue weighted by Gasteiger charge is -2.43. The van der Waals surface area contributed by atoms with Crippen molar-refractivity contribution in [3.63, 3.8) is 0 Å². The van der Waals surface area contributed by atoms with Crippen molar-refractivity contribution in [3.8, 4) is 0 Å². The van der Waals surface area contributed by atoms with E-state index in [0.29, 0.717) is 32.6 Å². The molecule has 2 aliphatic rings. The quantitative estimate of drug-likeness (QED) is 0.740. The van der Waals surface area contributed by atoms with Crippen LogP contribution in [0.2, 0.25) is 0 Å². The zero-order chi connectivity index (χ0) is 24.3. The fourth-order valence-electron chi connectivity index (χ4n) is 4.96. The van der Waals surface area contributed by atoms with Crippen molar-refractivity contribution in [3.05, 3.63) is 66.2 Å². The van der Waals surface area contributed by atoms with E-state index in [1.54, 1.807) is 28.8 Å². The Morgan fingerprint density at radius 1 is 1.00 bits per heavy atom. The lowest BCUT2D eigenvalue weighted by Crippen LogP contribution is -2.58. The maximum Gasteiger partial charge on any atom is 0.319 e. The second-order valence-corrected chi connectivity index (χ2v) is 9.30. The molecular weight excluding hydrogens is 430 g/mol. The minimum absolute atomic E-state index is 0.00142. The van der Waals surface area contributed by atoms with Crippen LogP contribution in [0.15, 0.2) is 60.7 Å². The van der Waals surface area contributed by atoms with Gasteiger partial charge >= 0.3 is 6.03 Å². The van der Waals surface area contributed by atoms with Gasteiger partial charge in [-0.15, -0.1) is 0 Å². The molecule has 2 heterocycles. The van der Waals surface area contributed by atoms with Gasteiger partial charge in [0, 0.05) is 32.9 Å². The Labute approximate surface area is 201 Å². The van der Waals surface area contributed by atoms with Crippen LogP contribution in [-0.4, -0.2) is 78.5 Å². The second kappa shape index (κ2) is 9.75. The highest BCUT2D eigenvalue weighted by Gasteiger charge is 2.54. The number of piperidine rings is 1. The summed E-state index contributed by atoms with van der Waals surface area (Å²) in [6.45, 7) is 3.28. The number of urea groups is 1. The first-order chi connectivity index (χ1) is 16.3. The second-order valence-electron chi connectivity index (χ2n) is 9.30. The summed E-state index contributed by atoms with van der Waals surface area (Å²) in [5.41, 5.74) is 1.21. The maximum atomic E-state index is 13.8. The molecule has 2 aromatic carbocycles. The molecule has 8 nitrogen and oxygen atoms in total. The van der Waals surface area contributed by atoms with Crippen molar-refractivity contribution < 1.29 is 14.4 Å². The van der Waals surface area contributed by atoms with Crippen molar-refractivity contribution in [1.29, 1.82) is 0 Å². The summed E-state index contributed by atoms with van der Waals surface area (Å²) in [5, 5.41) is 3.01. The number of anilines is 1. The Morgan fingerprint density at radius 3 is 2.18 bits per heavy atom. The molecule has 4 rings (SSSR count). The van der Waals surface area contributed by atoms with Crippen molar-refractivity contribution >= 4 is 23.5 Å². The smallest absolute Gasteiger partial charge is 0.319 e. The normalized spacial score (nSPS) is 18.2. The van der Waals surface area contributed by atoms with E-state index in [9.17, 15) is 14.4 Å². The van der Waals surface area contributed by atoms with Gasteiger partial charge < -0.3 is 24.9 Å². The van der Waals surface area contributed by atoms with E-state index >= 15 is 0 Å². The average Bonchev–Trinajstić information content (AvgIpc) is 3.11. The predicted octanol–water partition coefficient (Wildman–Crippen LogP) is 2.69. The van der Waals surface area contributed by atoms with Gasteiger partial charge in [0.15, 0.2) is 0 Å². The van der Waals surface area contributed by atoms with Crippen molar-refractivity contribution in [2.45, 2.75) is 31.3 Å². The molecule has 2 aromatic rings. The fourth-order valence-corrected chi connectivity index (χ4v) is 4.96. The first-order valence-corrected chi connectivity index (χ1v) is 11.7. The standard InChI is InChI=1S/C26H33N5O3/c1-20(21-10-6-4-7-11-21)27-23(32)18-30-19-31(22-12-8-5-9-13-22)26(24(30)33)14-16-29(17-15-26)25(34)28(2)3/h4-13,20H,14-19H2,1-3H3,(H,27,32)/t20-/m1/s1. The molecule has 2 fully saturated rings. The number of hydrogen-bond donors (Lipinski definition) is 1. The van der Waals surface area contributed by atoms with E-state index in [1.165, 1.54) is 0 Å². The van der Waals surface area contributed by atoms with Gasteiger partial charge in [0.25, 0.3) is 5.91 Å². The Morgan fingerprint density at radius 2 is 1.59 bits per heavy atom. The summed E-state index contributed by atoms with van der Waals surface area (Å²) >= 11 is 0. The molecule has 2 aliphatic heterocycles. The Hall–Kier alpha value is -3.55. The van der Waals surface area contributed by atoms with Crippen LogP contribution < -0.4 is 10.2 Å². The average molecular weight is 464 g/mol. The SMILES string of the molecule is C[C@@H](NC(=O)CN1CN(c2ccccc2)C2(CCN(C(=O)N(C)C)CC2)C1=O)c1ccccc1. The first kappa shape index (κ1) is 23.6. The topological polar surface area (TPSA) is 76.2 Å². The number of carbonyl (C=O) groups excluding carboxylic acids is 3. The first-order valence-electron chi connectivity index (χ1n) is 11.7. The number of benzene rings is 2. The van der Waals surface area contributed by atoms with Gasteiger partial charge in [-0.25, -0.2) is 4.79 Å². The molecular formula is C26H33N5O3. The van der Waals surface area contributed by atoms with E-state index in [1.807, 2.05) is 67.6 Å². The fraction of sp³-hybridized carbons (Fsp3) is 0.423. The molecule has 1 atom stereocenters. The molecule has 0 unspecified atom stereocenters. The molecule has 34 heavy (non-hydrogen) atoms. The van der Waals surface area contributed by atoms with Gasteiger partial charge in [0.2, 0.25) is 5.91 Å². The molecule has 0 aromatic heterocycles. The third-order valence-electron chi connectivity index (χ3n) is 6.84. The van der Waals surface area contributed by atoms with Crippen LogP contribution in [0.1, 0.15) is 31.4 Å². The van der Waals surface area contributed by atoms with Gasteiger partial charge in [-0.2, -0.15) is 0 Å². The Kier molecular flexibility index (Phi) is 6.77. The van der Waals surface area contributed by atoms with E-state index in [4.69, 9.17) is 0 Å². The molecule has 0 bridgehead atoms. The van der Waals surface area contributed by atoms with E-state index < -0.39 is 5.54 Å². The highest BCUT2D eigenvalue weighted by Crippen LogP contribution is 2.39. The van der Waals surface area contributed by atoms with Gasteiger partial charge in [0.1, 0.15) is 12.1 Å². The summed E-state index contributed by atoms with van der Waals surface area (Å²) in [6.07, 6.45) is 1.05. The van der Waals surface area contributed by atoms with E-state index in [2.05, 4.69) is 10.2 Å². The molecule has 2 saturated heterocycles. The zero-order valence-corrected chi connectivity index (χ0v) is 20.1. The van der Waals surface area contributed by atoms with Crippen LogP contribution in [-0.2, 0) is 9.59 Å². The molecule has 0 saturated carbocycles. The van der Waals surface area contributed by atoms with Crippen LogP contribution in [0.25, 0.3) is 0 Å². The number of hydrogen-bond acceptors (Lipinski definition) is 4. The minimum atomic E-state index is -0.754. The number of rotatable bonds is 5. The predicted molar refractivity (Wildman–Crippen MR) is 131 cm³/mol. The van der Waals surface area contributed by atoms with Crippen molar-refractivity contribution in [2.24, 2.45) is 0 Å². The van der Waals surface area contributed by atoms with Crippen molar-refractivity contribution in [2.75, 3.05) is 45.3 Å². The molecule has 0 radical (unpaired) electrons. The lowest BCUT2D eigenvalue weighted by molar-refractivity contribution is -0.137. The highest BCUT2D eigenvalue weighted by atomic mass is 16.2. The Balaban J connectivity index is 1.50. The van der Waals surface area contributed by atoms with Gasteiger partial charge in [0.05, 0.1) is 12.7 Å². The molecule has 8 heteroatoms. The van der Waals surface area contributed by atoms with Gasteiger partial charge in [-0.1, -0.05) is 48.5 Å². The highest BCUT2D eigenvalue weighted by molar-refractivity contribution is 5.96. The molecule has 0 aliphatic carbocycles. The lowest BCUT2D eigenvalue weighted by atomic mass is 9.85. The van der Waals surface area contributed by atoms with Crippen LogP contribution in [0, 0.1) is 0 Å². The van der Waals surface area contributed by atoms with Crippen LogP contribution in [0.3, 0.4) is 0 Å². The number of nitrogens with one attached hydrogen (secondary N) is 1. The van der Waals surface area contributed by atoms with Gasteiger partial charge in [-0.3, -0.25) is 9.59 Å². The van der Waals surface area contributed by atoms with Crippen molar-refractivity contribution in [1.82, 2.24) is 20.0 Å². The molecule has 180 valence electrons. The molecule has 1 spiro atoms. The van der Waals surface area contributed by atoms with Crippen LogP contribution >= 0.6 is 0 Å². The monoisotopic (exact) mass is 463 g/mol. The Bertz CT molecular complexity index is 1020. The number of para-hydroxylation sites is 1. The number of carbonyl (C=O) groups is 3. The molecule has 4 amide bonds. The third kappa shape index (κ3) is 4.58. The molecule has 1 N–H and O–H groups in total. The third-order valence-corrected chi connectivity index (χ3v) is 6.84.